The molecule has 0 amide bonds. The van der Waals surface area contributed by atoms with Crippen LogP contribution < -0.4 is 10.1 Å². The lowest BCUT2D eigenvalue weighted by Crippen LogP contribution is -2.16. The van der Waals surface area contributed by atoms with E-state index >= 15 is 0 Å². The van der Waals surface area contributed by atoms with Crippen LogP contribution in [-0.4, -0.2) is 30.3 Å². The summed E-state index contributed by atoms with van der Waals surface area (Å²) in [4.78, 5) is 3.30. The van der Waals surface area contributed by atoms with Gasteiger partial charge < -0.3 is 20.1 Å². The van der Waals surface area contributed by atoms with E-state index < -0.39 is 0 Å². The molecule has 2 aromatic carbocycles. The number of aromatic hydroxyl groups is 1. The van der Waals surface area contributed by atoms with Gasteiger partial charge in [0.05, 0.1) is 7.11 Å². The maximum absolute atomic E-state index is 9.25. The fourth-order valence-electron chi connectivity index (χ4n) is 2.68. The standard InChI is InChI=1S/C20H22N2O2/c1-24-18-8-9-20-19(13-18)16(14-22-20)10-12-21-11-2-3-15-4-6-17(23)7-5-15/h2-9,13-14,21-23H,10-12H2,1H3/b3-2+. The van der Waals surface area contributed by atoms with E-state index in [2.05, 4.69) is 28.6 Å². The van der Waals surface area contributed by atoms with Gasteiger partial charge in [-0.1, -0.05) is 24.3 Å². The van der Waals surface area contributed by atoms with E-state index in [0.717, 1.165) is 36.3 Å². The highest BCUT2D eigenvalue weighted by Crippen LogP contribution is 2.23. The van der Waals surface area contributed by atoms with Crippen LogP contribution in [0.5, 0.6) is 11.5 Å². The Bertz CT molecular complexity index is 819. The minimum Gasteiger partial charge on any atom is -0.508 e. The molecule has 0 fully saturated rings. The van der Waals surface area contributed by atoms with Crippen LogP contribution in [0.2, 0.25) is 0 Å². The van der Waals surface area contributed by atoms with Gasteiger partial charge in [-0.2, -0.15) is 0 Å². The zero-order valence-corrected chi connectivity index (χ0v) is 13.8. The van der Waals surface area contributed by atoms with E-state index in [1.165, 1.54) is 10.9 Å². The van der Waals surface area contributed by atoms with Crippen LogP contribution in [-0.2, 0) is 6.42 Å². The van der Waals surface area contributed by atoms with Gasteiger partial charge >= 0.3 is 0 Å². The molecule has 4 heteroatoms. The van der Waals surface area contributed by atoms with Crippen molar-refractivity contribution in [3.05, 3.63) is 65.9 Å². The molecule has 0 unspecified atom stereocenters. The molecule has 4 nitrogen and oxygen atoms in total. The number of hydrogen-bond donors (Lipinski definition) is 3. The van der Waals surface area contributed by atoms with Crippen LogP contribution in [0.25, 0.3) is 17.0 Å². The quantitative estimate of drug-likeness (QED) is 0.581. The first kappa shape index (κ1) is 16.1. The van der Waals surface area contributed by atoms with Crippen LogP contribution in [0.15, 0.2) is 54.7 Å². The number of H-pyrrole nitrogens is 1. The van der Waals surface area contributed by atoms with E-state index in [0.29, 0.717) is 5.75 Å². The van der Waals surface area contributed by atoms with E-state index in [4.69, 9.17) is 4.74 Å². The van der Waals surface area contributed by atoms with E-state index in [-0.39, 0.29) is 0 Å². The molecule has 3 N–H and O–H groups in total. The van der Waals surface area contributed by atoms with Crippen LogP contribution in [0.4, 0.5) is 0 Å². The predicted octanol–water partition coefficient (Wildman–Crippen LogP) is 3.73. The minimum atomic E-state index is 0.292. The molecule has 0 atom stereocenters. The first-order chi connectivity index (χ1) is 11.8. The van der Waals surface area contributed by atoms with Crippen molar-refractivity contribution in [2.45, 2.75) is 6.42 Å². The number of benzene rings is 2. The molecule has 0 aliphatic heterocycles. The number of aromatic amines is 1. The van der Waals surface area contributed by atoms with Crippen molar-refractivity contribution in [2.24, 2.45) is 0 Å². The maximum atomic E-state index is 9.25. The lowest BCUT2D eigenvalue weighted by molar-refractivity contribution is 0.415. The molecule has 0 saturated heterocycles. The number of nitrogens with one attached hydrogen (secondary N) is 2. The van der Waals surface area contributed by atoms with Gasteiger partial charge in [0.2, 0.25) is 0 Å². The smallest absolute Gasteiger partial charge is 0.119 e. The number of aromatic nitrogens is 1. The van der Waals surface area contributed by atoms with E-state index in [1.807, 2.05) is 30.3 Å². The van der Waals surface area contributed by atoms with Crippen molar-refractivity contribution in [2.75, 3.05) is 20.2 Å². The third-order valence-corrected chi connectivity index (χ3v) is 4.01. The van der Waals surface area contributed by atoms with E-state index in [9.17, 15) is 5.11 Å². The molecule has 0 bridgehead atoms. The fourth-order valence-corrected chi connectivity index (χ4v) is 2.68. The van der Waals surface area contributed by atoms with Gasteiger partial charge in [-0.05, 0) is 54.4 Å². The van der Waals surface area contributed by atoms with Crippen LogP contribution in [0, 0.1) is 0 Å². The Kier molecular flexibility index (Phi) is 5.18. The molecule has 24 heavy (non-hydrogen) atoms. The van der Waals surface area contributed by atoms with Gasteiger partial charge in [0.1, 0.15) is 11.5 Å². The first-order valence-corrected chi connectivity index (χ1v) is 8.06. The maximum Gasteiger partial charge on any atom is 0.119 e. The molecule has 0 saturated carbocycles. The first-order valence-electron chi connectivity index (χ1n) is 8.06. The second-order valence-electron chi connectivity index (χ2n) is 5.67. The Morgan fingerprint density at radius 2 is 2.00 bits per heavy atom. The van der Waals surface area contributed by atoms with Gasteiger partial charge in [-0.25, -0.2) is 0 Å². The molecule has 1 aromatic heterocycles. The predicted molar refractivity (Wildman–Crippen MR) is 98.6 cm³/mol. The highest BCUT2D eigenvalue weighted by Gasteiger charge is 2.04. The van der Waals surface area contributed by atoms with Crippen LogP contribution >= 0.6 is 0 Å². The number of fused-ring (bicyclic) bond motifs is 1. The van der Waals surface area contributed by atoms with Gasteiger partial charge in [0.25, 0.3) is 0 Å². The highest BCUT2D eigenvalue weighted by atomic mass is 16.5. The second kappa shape index (κ2) is 7.70. The van der Waals surface area contributed by atoms with Crippen LogP contribution in [0.1, 0.15) is 11.1 Å². The summed E-state index contributed by atoms with van der Waals surface area (Å²) in [6.07, 6.45) is 7.16. The average molecular weight is 322 g/mol. The largest absolute Gasteiger partial charge is 0.508 e. The molecule has 1 heterocycles. The Balaban J connectivity index is 1.49. The highest BCUT2D eigenvalue weighted by molar-refractivity contribution is 5.84. The Morgan fingerprint density at radius 3 is 2.79 bits per heavy atom. The molecule has 3 aromatic rings. The number of phenols is 1. The van der Waals surface area contributed by atoms with Crippen LogP contribution in [0.3, 0.4) is 0 Å². The van der Waals surface area contributed by atoms with Gasteiger partial charge in [0, 0.05) is 23.6 Å². The summed E-state index contributed by atoms with van der Waals surface area (Å²) in [5, 5.41) is 13.9. The van der Waals surface area contributed by atoms with E-state index in [1.54, 1.807) is 19.2 Å². The Labute approximate surface area is 141 Å². The average Bonchev–Trinajstić information content (AvgIpc) is 3.01. The minimum absolute atomic E-state index is 0.292. The van der Waals surface area contributed by atoms with Gasteiger partial charge in [-0.15, -0.1) is 0 Å². The monoisotopic (exact) mass is 322 g/mol. The molecule has 124 valence electrons. The fraction of sp³-hybridized carbons (Fsp3) is 0.200. The topological polar surface area (TPSA) is 57.3 Å². The summed E-state index contributed by atoms with van der Waals surface area (Å²) < 4.78 is 5.30. The number of methoxy groups -OCH3 is 1. The van der Waals surface area contributed by atoms with Crippen molar-refractivity contribution in [1.29, 1.82) is 0 Å². The SMILES string of the molecule is COc1ccc2[nH]cc(CCNC/C=C/c3ccc(O)cc3)c2c1. The van der Waals surface area contributed by atoms with Crippen molar-refractivity contribution in [3.8, 4) is 11.5 Å². The van der Waals surface area contributed by atoms with Gasteiger partial charge in [-0.3, -0.25) is 0 Å². The molecule has 3 rings (SSSR count). The Morgan fingerprint density at radius 1 is 1.17 bits per heavy atom. The summed E-state index contributed by atoms with van der Waals surface area (Å²) in [7, 11) is 1.69. The molecular formula is C20H22N2O2. The molecule has 0 aliphatic rings. The molecule has 0 aliphatic carbocycles. The normalized spacial score (nSPS) is 11.4. The molecule has 0 spiro atoms. The van der Waals surface area contributed by atoms with Gasteiger partial charge in [0.15, 0.2) is 0 Å². The lowest BCUT2D eigenvalue weighted by Gasteiger charge is -2.03. The summed E-state index contributed by atoms with van der Waals surface area (Å²) in [5.74, 6) is 1.17. The zero-order valence-electron chi connectivity index (χ0n) is 13.8. The third-order valence-electron chi connectivity index (χ3n) is 4.01. The van der Waals surface area contributed by atoms with Crippen molar-refractivity contribution >= 4 is 17.0 Å². The number of rotatable bonds is 7. The molecule has 0 radical (unpaired) electrons. The second-order valence-corrected chi connectivity index (χ2v) is 5.67. The lowest BCUT2D eigenvalue weighted by atomic mass is 10.1. The molecular weight excluding hydrogens is 300 g/mol. The summed E-state index contributed by atoms with van der Waals surface area (Å²) >= 11 is 0. The van der Waals surface area contributed by atoms with Crippen molar-refractivity contribution in [1.82, 2.24) is 10.3 Å². The van der Waals surface area contributed by atoms with Crippen molar-refractivity contribution < 1.29 is 9.84 Å². The summed E-state index contributed by atoms with van der Waals surface area (Å²) in [5.41, 5.74) is 3.51. The number of hydrogen-bond acceptors (Lipinski definition) is 3. The number of phenolic OH excluding ortho intramolecular Hbond substituents is 1. The van der Waals surface area contributed by atoms with Crippen molar-refractivity contribution in [3.63, 3.8) is 0 Å². The zero-order chi connectivity index (χ0) is 16.8. The summed E-state index contributed by atoms with van der Waals surface area (Å²) in [6, 6.07) is 13.3. The number of ether oxygens (including phenoxy) is 1. The summed E-state index contributed by atoms with van der Waals surface area (Å²) in [6.45, 7) is 1.72. The Hall–Kier alpha value is -2.72. The third kappa shape index (κ3) is 3.97.